The van der Waals surface area contributed by atoms with Gasteiger partial charge in [0.25, 0.3) is 0 Å². The monoisotopic (exact) mass is 382 g/mol. The highest BCUT2D eigenvalue weighted by Gasteiger charge is 2.12. The number of hydrogen-bond donors (Lipinski definition) is 2. The summed E-state index contributed by atoms with van der Waals surface area (Å²) >= 11 is 5.75. The molecule has 0 aliphatic rings. The standard InChI is InChI=1S/C17H19ClN2O4S/c1-13(21)20-15-4-2-5-16(12-15)24-11-3-10-19-25(22,23)17-8-6-14(18)7-9-17/h2,4-9,12,19H,3,10-11H2,1H3,(H,20,21). The molecule has 0 saturated carbocycles. The average Bonchev–Trinajstić information content (AvgIpc) is 2.54. The second-order valence-corrected chi connectivity index (χ2v) is 7.47. The molecule has 0 aliphatic heterocycles. The Morgan fingerprint density at radius 2 is 1.88 bits per heavy atom. The van der Waals surface area contributed by atoms with Crippen LogP contribution >= 0.6 is 11.6 Å². The molecule has 0 spiro atoms. The second-order valence-electron chi connectivity index (χ2n) is 5.26. The zero-order valence-electron chi connectivity index (χ0n) is 13.7. The van der Waals surface area contributed by atoms with Crippen molar-refractivity contribution in [1.29, 1.82) is 0 Å². The van der Waals surface area contributed by atoms with Crippen LogP contribution in [-0.4, -0.2) is 27.5 Å². The Morgan fingerprint density at radius 1 is 1.16 bits per heavy atom. The Balaban J connectivity index is 1.78. The van der Waals surface area contributed by atoms with Crippen molar-refractivity contribution in [1.82, 2.24) is 4.72 Å². The maximum atomic E-state index is 12.1. The molecule has 2 rings (SSSR count). The van der Waals surface area contributed by atoms with Gasteiger partial charge in [-0.2, -0.15) is 0 Å². The van der Waals surface area contributed by atoms with Crippen LogP contribution in [0.5, 0.6) is 5.75 Å². The Morgan fingerprint density at radius 3 is 2.56 bits per heavy atom. The van der Waals surface area contributed by atoms with E-state index < -0.39 is 10.0 Å². The van der Waals surface area contributed by atoms with Crippen LogP contribution in [0.3, 0.4) is 0 Å². The highest BCUT2D eigenvalue weighted by atomic mass is 35.5. The lowest BCUT2D eigenvalue weighted by atomic mass is 10.3. The van der Waals surface area contributed by atoms with Gasteiger partial charge in [0.1, 0.15) is 5.75 Å². The lowest BCUT2D eigenvalue weighted by Crippen LogP contribution is -2.25. The zero-order valence-corrected chi connectivity index (χ0v) is 15.2. The van der Waals surface area contributed by atoms with E-state index in [-0.39, 0.29) is 17.3 Å². The molecule has 0 bridgehead atoms. The molecule has 0 aliphatic carbocycles. The maximum absolute atomic E-state index is 12.1. The SMILES string of the molecule is CC(=O)Nc1cccc(OCCCNS(=O)(=O)c2ccc(Cl)cc2)c1. The molecule has 0 saturated heterocycles. The van der Waals surface area contributed by atoms with Crippen molar-refractivity contribution in [3.05, 3.63) is 53.6 Å². The Bertz CT molecular complexity index is 823. The molecule has 0 unspecified atom stereocenters. The van der Waals surface area contributed by atoms with Gasteiger partial charge in [-0.1, -0.05) is 17.7 Å². The van der Waals surface area contributed by atoms with Gasteiger partial charge < -0.3 is 10.1 Å². The van der Waals surface area contributed by atoms with Crippen LogP contribution in [0, 0.1) is 0 Å². The minimum Gasteiger partial charge on any atom is -0.493 e. The summed E-state index contributed by atoms with van der Waals surface area (Å²) in [5.74, 6) is 0.445. The molecule has 8 heteroatoms. The molecule has 2 aromatic carbocycles. The van der Waals surface area contributed by atoms with Crippen LogP contribution in [0.4, 0.5) is 5.69 Å². The molecular formula is C17H19ClN2O4S. The topological polar surface area (TPSA) is 84.5 Å². The molecule has 1 amide bonds. The molecule has 0 heterocycles. The number of carbonyl (C=O) groups excluding carboxylic acids is 1. The van der Waals surface area contributed by atoms with Crippen LogP contribution in [-0.2, 0) is 14.8 Å². The first kappa shape index (κ1) is 19.2. The zero-order chi connectivity index (χ0) is 18.3. The van der Waals surface area contributed by atoms with Gasteiger partial charge in [-0.25, -0.2) is 13.1 Å². The van der Waals surface area contributed by atoms with Crippen molar-refractivity contribution in [2.24, 2.45) is 0 Å². The summed E-state index contributed by atoms with van der Waals surface area (Å²) in [7, 11) is -3.55. The van der Waals surface area contributed by atoms with Gasteiger partial charge in [-0.05, 0) is 42.8 Å². The van der Waals surface area contributed by atoms with E-state index in [1.54, 1.807) is 24.3 Å². The van der Waals surface area contributed by atoms with Gasteiger partial charge in [-0.3, -0.25) is 4.79 Å². The number of nitrogens with one attached hydrogen (secondary N) is 2. The Labute approximate surface area is 152 Å². The van der Waals surface area contributed by atoms with Crippen LogP contribution in [0.1, 0.15) is 13.3 Å². The third kappa shape index (κ3) is 6.38. The number of ether oxygens (including phenoxy) is 1. The predicted molar refractivity (Wildman–Crippen MR) is 97.5 cm³/mol. The van der Waals surface area contributed by atoms with Gasteiger partial charge in [0.05, 0.1) is 11.5 Å². The molecule has 25 heavy (non-hydrogen) atoms. The number of benzene rings is 2. The third-order valence-corrected chi connectivity index (χ3v) is 4.89. The summed E-state index contributed by atoms with van der Waals surface area (Å²) in [5.41, 5.74) is 0.647. The van der Waals surface area contributed by atoms with E-state index in [0.29, 0.717) is 29.5 Å². The van der Waals surface area contributed by atoms with E-state index in [4.69, 9.17) is 16.3 Å². The van der Waals surface area contributed by atoms with E-state index in [1.165, 1.54) is 31.2 Å². The van der Waals surface area contributed by atoms with E-state index in [1.807, 2.05) is 0 Å². The van der Waals surface area contributed by atoms with Gasteiger partial charge >= 0.3 is 0 Å². The van der Waals surface area contributed by atoms with E-state index in [0.717, 1.165) is 0 Å². The van der Waals surface area contributed by atoms with Crippen LogP contribution in [0.2, 0.25) is 5.02 Å². The average molecular weight is 383 g/mol. The fourth-order valence-corrected chi connectivity index (χ4v) is 3.23. The normalized spacial score (nSPS) is 11.1. The van der Waals surface area contributed by atoms with Crippen molar-refractivity contribution in [2.75, 3.05) is 18.5 Å². The first-order valence-corrected chi connectivity index (χ1v) is 9.48. The lowest BCUT2D eigenvalue weighted by Gasteiger charge is -2.09. The summed E-state index contributed by atoms with van der Waals surface area (Å²) in [6.45, 7) is 2.02. The van der Waals surface area contributed by atoms with Gasteiger partial charge in [0, 0.05) is 30.2 Å². The van der Waals surface area contributed by atoms with Crippen LogP contribution in [0.15, 0.2) is 53.4 Å². The van der Waals surface area contributed by atoms with E-state index >= 15 is 0 Å². The number of rotatable bonds is 8. The van der Waals surface area contributed by atoms with Gasteiger partial charge in [-0.15, -0.1) is 0 Å². The maximum Gasteiger partial charge on any atom is 0.240 e. The molecule has 0 atom stereocenters. The van der Waals surface area contributed by atoms with E-state index in [2.05, 4.69) is 10.0 Å². The van der Waals surface area contributed by atoms with Crippen LogP contribution < -0.4 is 14.8 Å². The molecular weight excluding hydrogens is 364 g/mol. The summed E-state index contributed by atoms with van der Waals surface area (Å²) in [6, 6.07) is 13.0. The number of carbonyl (C=O) groups is 1. The summed E-state index contributed by atoms with van der Waals surface area (Å²) in [4.78, 5) is 11.2. The molecule has 2 aromatic rings. The first-order chi connectivity index (χ1) is 11.9. The molecule has 134 valence electrons. The number of amides is 1. The van der Waals surface area contributed by atoms with Crippen molar-refractivity contribution in [3.8, 4) is 5.75 Å². The second kappa shape index (κ2) is 8.84. The summed E-state index contributed by atoms with van der Waals surface area (Å²) in [5, 5.41) is 3.15. The molecule has 2 N–H and O–H groups in total. The lowest BCUT2D eigenvalue weighted by molar-refractivity contribution is -0.114. The van der Waals surface area contributed by atoms with Gasteiger partial charge in [0.15, 0.2) is 0 Å². The van der Waals surface area contributed by atoms with Crippen molar-refractivity contribution >= 4 is 33.2 Å². The number of anilines is 1. The highest BCUT2D eigenvalue weighted by molar-refractivity contribution is 7.89. The Kier molecular flexibility index (Phi) is 6.81. The van der Waals surface area contributed by atoms with Gasteiger partial charge in [0.2, 0.25) is 15.9 Å². The minimum absolute atomic E-state index is 0.159. The van der Waals surface area contributed by atoms with Crippen molar-refractivity contribution in [3.63, 3.8) is 0 Å². The summed E-state index contributed by atoms with van der Waals surface area (Å²) < 4.78 is 32.2. The highest BCUT2D eigenvalue weighted by Crippen LogP contribution is 2.17. The smallest absolute Gasteiger partial charge is 0.240 e. The first-order valence-electron chi connectivity index (χ1n) is 7.62. The van der Waals surface area contributed by atoms with Crippen molar-refractivity contribution in [2.45, 2.75) is 18.2 Å². The third-order valence-electron chi connectivity index (χ3n) is 3.16. The molecule has 0 fully saturated rings. The molecule has 0 radical (unpaired) electrons. The summed E-state index contributed by atoms with van der Waals surface area (Å²) in [6.07, 6.45) is 0.497. The quantitative estimate of drug-likeness (QED) is 0.687. The fraction of sp³-hybridized carbons (Fsp3) is 0.235. The number of halogens is 1. The fourth-order valence-electron chi connectivity index (χ4n) is 2.03. The molecule has 6 nitrogen and oxygen atoms in total. The minimum atomic E-state index is -3.55. The number of sulfonamides is 1. The molecule has 0 aromatic heterocycles. The Hall–Kier alpha value is -2.09. The van der Waals surface area contributed by atoms with E-state index in [9.17, 15) is 13.2 Å². The number of hydrogen-bond acceptors (Lipinski definition) is 4. The largest absolute Gasteiger partial charge is 0.493 e. The van der Waals surface area contributed by atoms with Crippen molar-refractivity contribution < 1.29 is 17.9 Å². The van der Waals surface area contributed by atoms with Crippen LogP contribution in [0.25, 0.3) is 0 Å². The predicted octanol–water partition coefficient (Wildman–Crippen LogP) is 3.05.